The molecule has 3 rings (SSSR count). The number of halogens is 5. The van der Waals surface area contributed by atoms with E-state index < -0.39 is 12.1 Å². The lowest BCUT2D eigenvalue weighted by atomic mass is 9.93. The molecule has 0 saturated heterocycles. The molecule has 4 nitrogen and oxygen atoms in total. The van der Waals surface area contributed by atoms with Crippen LogP contribution in [0.5, 0.6) is 5.75 Å². The van der Waals surface area contributed by atoms with Crippen LogP contribution in [0.4, 0.5) is 24.8 Å². The molecule has 1 aromatic heterocycles. The third-order valence-electron chi connectivity index (χ3n) is 4.85. The van der Waals surface area contributed by atoms with Gasteiger partial charge in [0.25, 0.3) is 0 Å². The molecule has 0 spiro atoms. The van der Waals surface area contributed by atoms with Crippen LogP contribution in [-0.4, -0.2) is 15.9 Å². The predicted molar refractivity (Wildman–Crippen MR) is 110 cm³/mol. The first-order valence-corrected chi connectivity index (χ1v) is 9.87. The van der Waals surface area contributed by atoms with Crippen LogP contribution >= 0.6 is 23.2 Å². The number of ether oxygens (including phenoxy) is 1. The summed E-state index contributed by atoms with van der Waals surface area (Å²) in [7, 11) is 1.79. The highest BCUT2D eigenvalue weighted by Gasteiger charge is 2.32. The van der Waals surface area contributed by atoms with Crippen molar-refractivity contribution in [1.29, 1.82) is 0 Å². The average molecular weight is 446 g/mol. The second kappa shape index (κ2) is 8.32. The van der Waals surface area contributed by atoms with Crippen molar-refractivity contribution in [2.75, 3.05) is 5.32 Å². The summed E-state index contributed by atoms with van der Waals surface area (Å²) in [6, 6.07) is 7.76. The molecule has 0 saturated carbocycles. The number of imidazole rings is 1. The maximum absolute atomic E-state index is 12.8. The minimum absolute atomic E-state index is 0.0883. The highest BCUT2D eigenvalue weighted by atomic mass is 35.5. The quantitative estimate of drug-likeness (QED) is 0.428. The highest BCUT2D eigenvalue weighted by molar-refractivity contribution is 6.35. The van der Waals surface area contributed by atoms with E-state index in [0.29, 0.717) is 22.4 Å². The number of aromatic nitrogens is 2. The number of alkyl halides is 3. The lowest BCUT2D eigenvalue weighted by Gasteiger charge is -2.16. The molecule has 0 atom stereocenters. The van der Waals surface area contributed by atoms with Gasteiger partial charge in [0.15, 0.2) is 5.75 Å². The van der Waals surface area contributed by atoms with Gasteiger partial charge in [-0.1, -0.05) is 43.1 Å². The molecule has 0 fully saturated rings. The van der Waals surface area contributed by atoms with E-state index in [-0.39, 0.29) is 10.7 Å². The van der Waals surface area contributed by atoms with E-state index in [4.69, 9.17) is 23.2 Å². The zero-order valence-electron chi connectivity index (χ0n) is 16.1. The van der Waals surface area contributed by atoms with Gasteiger partial charge < -0.3 is 14.6 Å². The Balaban J connectivity index is 2.10. The largest absolute Gasteiger partial charge is 0.573 e. The number of rotatable bonds is 6. The van der Waals surface area contributed by atoms with E-state index in [1.165, 1.54) is 12.1 Å². The molecule has 1 N–H and O–H groups in total. The van der Waals surface area contributed by atoms with E-state index in [1.54, 1.807) is 17.7 Å². The summed E-state index contributed by atoms with van der Waals surface area (Å²) in [5.74, 6) is 0.218. The Bertz CT molecular complexity index is 1030. The first-order chi connectivity index (χ1) is 13.6. The van der Waals surface area contributed by atoms with Crippen molar-refractivity contribution in [1.82, 2.24) is 9.55 Å². The smallest absolute Gasteiger partial charge is 0.404 e. The monoisotopic (exact) mass is 445 g/mol. The summed E-state index contributed by atoms with van der Waals surface area (Å²) in [5, 5.41) is 3.52. The molecule has 9 heteroatoms. The SMILES string of the molecule is CCC(CC)c1ccc(Cl)c2nc(Nc3ccc(Cl)cc3OC(F)(F)F)n(C)c12. The number of benzene rings is 2. The van der Waals surface area contributed by atoms with Crippen LogP contribution in [-0.2, 0) is 7.05 Å². The summed E-state index contributed by atoms with van der Waals surface area (Å²) < 4.78 is 44.2. The zero-order chi connectivity index (χ0) is 21.3. The molecule has 3 aromatic rings. The standard InChI is InChI=1S/C20H20Cl2F3N3O/c1-4-11(5-2)13-7-8-14(22)17-18(13)28(3)19(27-17)26-15-9-6-12(21)10-16(15)29-20(23,24)25/h6-11H,4-5H2,1-3H3,(H,26,27). The number of nitrogens with one attached hydrogen (secondary N) is 1. The van der Waals surface area contributed by atoms with Crippen molar-refractivity contribution in [2.24, 2.45) is 7.05 Å². The van der Waals surface area contributed by atoms with Gasteiger partial charge in [-0.15, -0.1) is 13.2 Å². The van der Waals surface area contributed by atoms with Crippen molar-refractivity contribution in [3.63, 3.8) is 0 Å². The lowest BCUT2D eigenvalue weighted by Crippen LogP contribution is -2.18. The van der Waals surface area contributed by atoms with Gasteiger partial charge in [0.2, 0.25) is 5.95 Å². The predicted octanol–water partition coefficient (Wildman–Crippen LogP) is 7.43. The third-order valence-corrected chi connectivity index (χ3v) is 5.39. The van der Waals surface area contributed by atoms with Crippen molar-refractivity contribution in [3.8, 4) is 5.75 Å². The molecule has 0 aliphatic carbocycles. The van der Waals surface area contributed by atoms with E-state index in [9.17, 15) is 13.2 Å². The topological polar surface area (TPSA) is 39.1 Å². The molecule has 156 valence electrons. The Hall–Kier alpha value is -2.12. The van der Waals surface area contributed by atoms with Gasteiger partial charge in [0.1, 0.15) is 5.52 Å². The van der Waals surface area contributed by atoms with Crippen LogP contribution in [0.25, 0.3) is 11.0 Å². The molecule has 0 aliphatic heterocycles. The number of nitrogens with zero attached hydrogens (tertiary/aromatic N) is 2. The molecule has 0 unspecified atom stereocenters. The molecule has 0 amide bonds. The summed E-state index contributed by atoms with van der Waals surface area (Å²) in [5.41, 5.74) is 2.62. The summed E-state index contributed by atoms with van der Waals surface area (Å²) in [6.07, 6.45) is -2.96. The van der Waals surface area contributed by atoms with E-state index >= 15 is 0 Å². The van der Waals surface area contributed by atoms with Crippen LogP contribution in [0.3, 0.4) is 0 Å². The van der Waals surface area contributed by atoms with Gasteiger partial charge in [-0.05, 0) is 42.5 Å². The number of hydrogen-bond donors (Lipinski definition) is 1. The normalized spacial score (nSPS) is 12.0. The number of hydrogen-bond acceptors (Lipinski definition) is 3. The molecule has 1 heterocycles. The minimum atomic E-state index is -4.85. The molecule has 29 heavy (non-hydrogen) atoms. The van der Waals surface area contributed by atoms with Gasteiger partial charge in [0, 0.05) is 18.1 Å². The summed E-state index contributed by atoms with van der Waals surface area (Å²) >= 11 is 12.2. The number of fused-ring (bicyclic) bond motifs is 1. The van der Waals surface area contributed by atoms with Crippen molar-refractivity contribution >= 4 is 45.9 Å². The fraction of sp³-hybridized carbons (Fsp3) is 0.350. The second-order valence-electron chi connectivity index (χ2n) is 6.65. The van der Waals surface area contributed by atoms with Crippen molar-refractivity contribution < 1.29 is 17.9 Å². The summed E-state index contributed by atoms with van der Waals surface area (Å²) in [4.78, 5) is 4.53. The Morgan fingerprint density at radius 1 is 1.14 bits per heavy atom. The average Bonchev–Trinajstić information content (AvgIpc) is 2.96. The van der Waals surface area contributed by atoms with Crippen molar-refractivity contribution in [3.05, 3.63) is 45.9 Å². The molecular formula is C20H20Cl2F3N3O. The highest BCUT2D eigenvalue weighted by Crippen LogP contribution is 2.38. The Morgan fingerprint density at radius 3 is 2.45 bits per heavy atom. The number of aryl methyl sites for hydroxylation is 1. The van der Waals surface area contributed by atoms with Crippen LogP contribution in [0.2, 0.25) is 10.0 Å². The second-order valence-corrected chi connectivity index (χ2v) is 7.50. The Kier molecular flexibility index (Phi) is 6.19. The van der Waals surface area contributed by atoms with E-state index in [1.807, 2.05) is 6.07 Å². The molecule has 0 radical (unpaired) electrons. The first-order valence-electron chi connectivity index (χ1n) is 9.11. The van der Waals surface area contributed by atoms with Crippen molar-refractivity contribution in [2.45, 2.75) is 39.0 Å². The van der Waals surface area contributed by atoms with E-state index in [2.05, 4.69) is 28.9 Å². The van der Waals surface area contributed by atoms with E-state index in [0.717, 1.165) is 30.0 Å². The van der Waals surface area contributed by atoms with Crippen LogP contribution in [0, 0.1) is 0 Å². The van der Waals surface area contributed by atoms with Gasteiger partial charge in [-0.25, -0.2) is 4.98 Å². The third kappa shape index (κ3) is 4.56. The molecule has 0 aliphatic rings. The maximum Gasteiger partial charge on any atom is 0.573 e. The Labute approximate surface area is 176 Å². The lowest BCUT2D eigenvalue weighted by molar-refractivity contribution is -0.274. The zero-order valence-corrected chi connectivity index (χ0v) is 17.6. The number of anilines is 2. The summed E-state index contributed by atoms with van der Waals surface area (Å²) in [6.45, 7) is 4.22. The first kappa shape index (κ1) is 21.6. The van der Waals surface area contributed by atoms with Gasteiger partial charge in [-0.3, -0.25) is 0 Å². The molecule has 2 aromatic carbocycles. The fourth-order valence-electron chi connectivity index (χ4n) is 3.42. The van der Waals surface area contributed by atoms with Crippen LogP contribution in [0.1, 0.15) is 38.2 Å². The van der Waals surface area contributed by atoms with Crippen LogP contribution < -0.4 is 10.1 Å². The Morgan fingerprint density at radius 2 is 1.83 bits per heavy atom. The maximum atomic E-state index is 12.8. The van der Waals surface area contributed by atoms with Gasteiger partial charge in [-0.2, -0.15) is 0 Å². The van der Waals surface area contributed by atoms with Crippen LogP contribution in [0.15, 0.2) is 30.3 Å². The van der Waals surface area contributed by atoms with Gasteiger partial charge in [0.05, 0.1) is 16.2 Å². The fourth-order valence-corrected chi connectivity index (χ4v) is 3.77. The minimum Gasteiger partial charge on any atom is -0.404 e. The van der Waals surface area contributed by atoms with Gasteiger partial charge >= 0.3 is 6.36 Å². The molecule has 0 bridgehead atoms. The molecular weight excluding hydrogens is 426 g/mol.